The third-order valence-corrected chi connectivity index (χ3v) is 3.30. The summed E-state index contributed by atoms with van der Waals surface area (Å²) >= 11 is 0. The molecular weight excluding hydrogens is 194 g/mol. The Morgan fingerprint density at radius 3 is 3.00 bits per heavy atom. The fourth-order valence-corrected chi connectivity index (χ4v) is 2.26. The Labute approximate surface area is 87.1 Å². The lowest BCUT2D eigenvalue weighted by Gasteiger charge is -2.25. The number of anilines is 1. The Morgan fingerprint density at radius 2 is 2.33 bits per heavy atom. The molecule has 0 saturated heterocycles. The van der Waals surface area contributed by atoms with Crippen LogP contribution in [0, 0.1) is 11.8 Å². The van der Waals surface area contributed by atoms with Crippen LogP contribution in [0.4, 0.5) is 5.82 Å². The van der Waals surface area contributed by atoms with Crippen molar-refractivity contribution in [3.05, 3.63) is 11.8 Å². The van der Waals surface area contributed by atoms with Crippen LogP contribution in [0.2, 0.25) is 0 Å². The van der Waals surface area contributed by atoms with Crippen LogP contribution in [-0.4, -0.2) is 27.4 Å². The number of aromatic nitrogens is 2. The van der Waals surface area contributed by atoms with Crippen molar-refractivity contribution in [2.45, 2.75) is 19.4 Å². The number of hydrogen-bond acceptors (Lipinski definition) is 3. The monoisotopic (exact) mass is 207 g/mol. The van der Waals surface area contributed by atoms with Crippen LogP contribution in [0.15, 0.2) is 6.20 Å². The first-order valence-electron chi connectivity index (χ1n) is 5.28. The summed E-state index contributed by atoms with van der Waals surface area (Å²) in [5.74, 6) is 1.20. The largest absolute Gasteiger partial charge is 0.477 e. The molecule has 0 aromatic carbocycles. The Morgan fingerprint density at radius 1 is 1.53 bits per heavy atom. The third-order valence-electron chi connectivity index (χ3n) is 3.30. The fraction of sp³-hybridized carbons (Fsp3) is 0.600. The van der Waals surface area contributed by atoms with Gasteiger partial charge in [-0.3, -0.25) is 0 Å². The molecule has 15 heavy (non-hydrogen) atoms. The lowest BCUT2D eigenvalue weighted by atomic mass is 10.0. The number of nitrogens with zero attached hydrogens (tertiary/aromatic N) is 2. The quantitative estimate of drug-likeness (QED) is 0.760. The predicted molar refractivity (Wildman–Crippen MR) is 53.9 cm³/mol. The zero-order chi connectivity index (χ0) is 10.4. The highest BCUT2D eigenvalue weighted by atomic mass is 16.4. The molecule has 1 fully saturated rings. The second-order valence-corrected chi connectivity index (χ2v) is 4.37. The van der Waals surface area contributed by atoms with Gasteiger partial charge >= 0.3 is 5.97 Å². The van der Waals surface area contributed by atoms with Crippen LogP contribution < -0.4 is 5.32 Å². The fourth-order valence-electron chi connectivity index (χ4n) is 2.26. The van der Waals surface area contributed by atoms with Crippen LogP contribution in [0.25, 0.3) is 0 Å². The summed E-state index contributed by atoms with van der Waals surface area (Å²) < 4.78 is 1.79. The number of carbonyl (C=O) groups is 1. The van der Waals surface area contributed by atoms with Gasteiger partial charge in [0.25, 0.3) is 0 Å². The summed E-state index contributed by atoms with van der Waals surface area (Å²) in [5.41, 5.74) is 0.282. The Hall–Kier alpha value is -1.52. The van der Waals surface area contributed by atoms with Gasteiger partial charge < -0.3 is 10.4 Å². The zero-order valence-corrected chi connectivity index (χ0v) is 8.31. The van der Waals surface area contributed by atoms with E-state index in [4.69, 9.17) is 5.11 Å². The number of carboxylic acids is 1. The molecule has 0 amide bonds. The average molecular weight is 207 g/mol. The number of carboxylic acid groups (broad SMARTS) is 1. The van der Waals surface area contributed by atoms with Crippen LogP contribution in [0.1, 0.15) is 23.2 Å². The van der Waals surface area contributed by atoms with Gasteiger partial charge in [0.15, 0.2) is 0 Å². The standard InChI is InChI=1S/C10H13N3O2/c14-10(15)8-4-12-13-5-7(6-1-2-6)3-11-9(8)13/h4,6-7,11H,1-3,5H2,(H,14,15). The number of fused-ring (bicyclic) bond motifs is 1. The van der Waals surface area contributed by atoms with Gasteiger partial charge in [0, 0.05) is 13.1 Å². The second kappa shape index (κ2) is 2.98. The highest BCUT2D eigenvalue weighted by molar-refractivity contribution is 5.93. The van der Waals surface area contributed by atoms with Crippen LogP contribution in [0.5, 0.6) is 0 Å². The van der Waals surface area contributed by atoms with Crippen molar-refractivity contribution >= 4 is 11.8 Å². The van der Waals surface area contributed by atoms with E-state index in [0.717, 1.165) is 19.0 Å². The van der Waals surface area contributed by atoms with Gasteiger partial charge in [0.1, 0.15) is 11.4 Å². The molecule has 3 rings (SSSR count). The molecule has 0 radical (unpaired) electrons. The van der Waals surface area contributed by atoms with E-state index in [1.807, 2.05) is 0 Å². The van der Waals surface area contributed by atoms with E-state index in [9.17, 15) is 4.79 Å². The van der Waals surface area contributed by atoms with Gasteiger partial charge in [0.2, 0.25) is 0 Å². The topological polar surface area (TPSA) is 67.1 Å². The number of rotatable bonds is 2. The molecule has 1 unspecified atom stereocenters. The Bertz CT molecular complexity index is 409. The molecule has 2 aliphatic rings. The number of nitrogens with one attached hydrogen (secondary N) is 1. The van der Waals surface area contributed by atoms with Crippen LogP contribution >= 0.6 is 0 Å². The van der Waals surface area contributed by atoms with E-state index in [1.165, 1.54) is 19.0 Å². The van der Waals surface area contributed by atoms with Gasteiger partial charge in [-0.25, -0.2) is 9.48 Å². The summed E-state index contributed by atoms with van der Waals surface area (Å²) in [6.07, 6.45) is 4.06. The van der Waals surface area contributed by atoms with E-state index < -0.39 is 5.97 Å². The summed E-state index contributed by atoms with van der Waals surface area (Å²) in [6.45, 7) is 1.75. The first kappa shape index (κ1) is 8.76. The summed E-state index contributed by atoms with van der Waals surface area (Å²) in [4.78, 5) is 10.9. The molecule has 2 N–H and O–H groups in total. The molecule has 1 atom stereocenters. The average Bonchev–Trinajstić information content (AvgIpc) is 2.97. The van der Waals surface area contributed by atoms with E-state index in [-0.39, 0.29) is 5.56 Å². The summed E-state index contributed by atoms with van der Waals surface area (Å²) in [5, 5.41) is 16.2. The maximum Gasteiger partial charge on any atom is 0.341 e. The van der Waals surface area contributed by atoms with E-state index >= 15 is 0 Å². The van der Waals surface area contributed by atoms with Crippen LogP contribution in [-0.2, 0) is 6.54 Å². The van der Waals surface area contributed by atoms with Crippen molar-refractivity contribution < 1.29 is 9.90 Å². The van der Waals surface area contributed by atoms with E-state index in [0.29, 0.717) is 11.7 Å². The lowest BCUT2D eigenvalue weighted by molar-refractivity contribution is 0.0697. The molecule has 5 nitrogen and oxygen atoms in total. The molecule has 5 heteroatoms. The van der Waals surface area contributed by atoms with E-state index in [1.54, 1.807) is 4.68 Å². The Kier molecular flexibility index (Phi) is 1.74. The van der Waals surface area contributed by atoms with Gasteiger partial charge in [0.05, 0.1) is 6.20 Å². The van der Waals surface area contributed by atoms with Gasteiger partial charge in [-0.05, 0) is 24.7 Å². The first-order chi connectivity index (χ1) is 7.25. The first-order valence-corrected chi connectivity index (χ1v) is 5.28. The summed E-state index contributed by atoms with van der Waals surface area (Å²) in [6, 6.07) is 0. The summed E-state index contributed by atoms with van der Waals surface area (Å²) in [7, 11) is 0. The molecular formula is C10H13N3O2. The van der Waals surface area contributed by atoms with Crippen molar-refractivity contribution in [2.24, 2.45) is 11.8 Å². The molecule has 1 aromatic rings. The number of hydrogen-bond donors (Lipinski definition) is 2. The molecule has 1 aliphatic heterocycles. The molecule has 1 aliphatic carbocycles. The molecule has 0 spiro atoms. The SMILES string of the molecule is O=C(O)c1cnn2c1NCC(C1CC1)C2. The molecule has 80 valence electrons. The third kappa shape index (κ3) is 1.38. The molecule has 0 bridgehead atoms. The predicted octanol–water partition coefficient (Wildman–Crippen LogP) is 1.03. The molecule has 1 aromatic heterocycles. The maximum atomic E-state index is 10.9. The van der Waals surface area contributed by atoms with Crippen molar-refractivity contribution in [3.63, 3.8) is 0 Å². The minimum absolute atomic E-state index is 0.282. The smallest absolute Gasteiger partial charge is 0.341 e. The van der Waals surface area contributed by atoms with Gasteiger partial charge in [-0.15, -0.1) is 0 Å². The minimum atomic E-state index is -0.909. The van der Waals surface area contributed by atoms with Crippen molar-refractivity contribution in [1.29, 1.82) is 0 Å². The van der Waals surface area contributed by atoms with E-state index in [2.05, 4.69) is 10.4 Å². The highest BCUT2D eigenvalue weighted by Gasteiger charge is 2.35. The van der Waals surface area contributed by atoms with Crippen molar-refractivity contribution in [3.8, 4) is 0 Å². The second-order valence-electron chi connectivity index (χ2n) is 4.37. The van der Waals surface area contributed by atoms with Crippen molar-refractivity contribution in [2.75, 3.05) is 11.9 Å². The molecule has 1 saturated carbocycles. The van der Waals surface area contributed by atoms with Crippen molar-refractivity contribution in [1.82, 2.24) is 9.78 Å². The maximum absolute atomic E-state index is 10.9. The minimum Gasteiger partial charge on any atom is -0.477 e. The lowest BCUT2D eigenvalue weighted by Crippen LogP contribution is -2.29. The molecule has 2 heterocycles. The number of aromatic carboxylic acids is 1. The van der Waals surface area contributed by atoms with Gasteiger partial charge in [-0.1, -0.05) is 0 Å². The highest BCUT2D eigenvalue weighted by Crippen LogP contribution is 2.39. The van der Waals surface area contributed by atoms with Crippen LogP contribution in [0.3, 0.4) is 0 Å². The zero-order valence-electron chi connectivity index (χ0n) is 8.31. The normalized spacial score (nSPS) is 24.4. The van der Waals surface area contributed by atoms with Gasteiger partial charge in [-0.2, -0.15) is 5.10 Å². The Balaban J connectivity index is 1.87.